The van der Waals surface area contributed by atoms with Crippen molar-refractivity contribution in [1.29, 1.82) is 0 Å². The summed E-state index contributed by atoms with van der Waals surface area (Å²) in [6.07, 6.45) is -4.42. The molecule has 0 saturated heterocycles. The molecular weight excluding hydrogens is 351 g/mol. The van der Waals surface area contributed by atoms with Crippen LogP contribution in [0.1, 0.15) is 11.1 Å². The molecule has 25 heavy (non-hydrogen) atoms. The van der Waals surface area contributed by atoms with E-state index in [0.717, 1.165) is 17.5 Å². The summed E-state index contributed by atoms with van der Waals surface area (Å²) in [5.41, 5.74) is -0.329. The number of hydrogen-bond acceptors (Lipinski definition) is 2. The lowest BCUT2D eigenvalue weighted by Gasteiger charge is -2.11. The summed E-state index contributed by atoms with van der Waals surface area (Å²) in [5, 5.41) is 1.38. The van der Waals surface area contributed by atoms with Gasteiger partial charge in [-0.15, -0.1) is 0 Å². The second-order valence-electron chi connectivity index (χ2n) is 5.50. The number of hydrogen-bond donors (Lipinski definition) is 1. The second kappa shape index (κ2) is 6.50. The number of fused-ring (bicyclic) bond motifs is 1. The average Bonchev–Trinajstić information content (AvgIpc) is 2.59. The van der Waals surface area contributed by atoms with E-state index in [9.17, 15) is 21.6 Å². The molecule has 0 spiro atoms. The lowest BCUT2D eigenvalue weighted by atomic mass is 10.1. The smallest absolute Gasteiger partial charge is 0.207 e. The fourth-order valence-electron chi connectivity index (χ4n) is 2.50. The van der Waals surface area contributed by atoms with Crippen LogP contribution in [0.25, 0.3) is 10.8 Å². The third kappa shape index (κ3) is 3.83. The molecule has 0 aliphatic carbocycles. The van der Waals surface area contributed by atoms with Crippen molar-refractivity contribution < 1.29 is 21.6 Å². The first-order chi connectivity index (χ1) is 11.8. The second-order valence-corrected chi connectivity index (χ2v) is 7.23. The van der Waals surface area contributed by atoms with Crippen LogP contribution in [0, 0.1) is 0 Å². The summed E-state index contributed by atoms with van der Waals surface area (Å²) in [4.78, 5) is 0.137. The van der Waals surface area contributed by atoms with Crippen molar-refractivity contribution in [3.05, 3.63) is 77.9 Å². The van der Waals surface area contributed by atoms with Crippen LogP contribution in [0.2, 0.25) is 0 Å². The van der Waals surface area contributed by atoms with Crippen LogP contribution in [-0.2, 0) is 22.7 Å². The fourth-order valence-corrected chi connectivity index (χ4v) is 3.74. The molecule has 7 heteroatoms. The molecular formula is C18H14F3NO2S. The third-order valence-electron chi connectivity index (χ3n) is 3.79. The lowest BCUT2D eigenvalue weighted by Crippen LogP contribution is -2.23. The highest BCUT2D eigenvalue weighted by Crippen LogP contribution is 2.29. The summed E-state index contributed by atoms with van der Waals surface area (Å²) >= 11 is 0. The molecule has 0 atom stereocenters. The van der Waals surface area contributed by atoms with Gasteiger partial charge < -0.3 is 0 Å². The molecule has 3 rings (SSSR count). The van der Waals surface area contributed by atoms with Crippen molar-refractivity contribution in [3.63, 3.8) is 0 Å². The zero-order valence-electron chi connectivity index (χ0n) is 12.9. The fraction of sp³-hybridized carbons (Fsp3) is 0.111. The standard InChI is InChI=1S/C18H14F3NO2S/c19-18(20,21)15-10-8-13(9-11-15)12-22-25(23,24)17-7-3-5-14-4-1-2-6-16(14)17/h1-11,22H,12H2. The van der Waals surface area contributed by atoms with Crippen LogP contribution < -0.4 is 4.72 Å². The molecule has 1 N–H and O–H groups in total. The minimum atomic E-state index is -4.42. The highest BCUT2D eigenvalue weighted by Gasteiger charge is 2.30. The number of alkyl halides is 3. The van der Waals surface area contributed by atoms with E-state index in [0.29, 0.717) is 10.9 Å². The Kier molecular flexibility index (Phi) is 4.53. The molecule has 0 saturated carbocycles. The summed E-state index contributed by atoms with van der Waals surface area (Å²) in [6, 6.07) is 16.4. The minimum absolute atomic E-state index is 0.0936. The largest absolute Gasteiger partial charge is 0.416 e. The number of sulfonamides is 1. The number of benzene rings is 3. The monoisotopic (exact) mass is 365 g/mol. The van der Waals surface area contributed by atoms with Crippen LogP contribution >= 0.6 is 0 Å². The predicted octanol–water partition coefficient (Wildman–Crippen LogP) is 4.34. The lowest BCUT2D eigenvalue weighted by molar-refractivity contribution is -0.137. The first-order valence-corrected chi connectivity index (χ1v) is 8.89. The summed E-state index contributed by atoms with van der Waals surface area (Å²) < 4.78 is 65.2. The molecule has 3 aromatic rings. The molecule has 0 unspecified atom stereocenters. The van der Waals surface area contributed by atoms with Crippen LogP contribution in [0.5, 0.6) is 0 Å². The number of nitrogens with one attached hydrogen (secondary N) is 1. The maximum Gasteiger partial charge on any atom is 0.416 e. The van der Waals surface area contributed by atoms with E-state index >= 15 is 0 Å². The summed E-state index contributed by atoms with van der Waals surface area (Å²) in [6.45, 7) is -0.0936. The minimum Gasteiger partial charge on any atom is -0.207 e. The van der Waals surface area contributed by atoms with Gasteiger partial charge in [-0.25, -0.2) is 13.1 Å². The molecule has 0 heterocycles. The first-order valence-electron chi connectivity index (χ1n) is 7.41. The molecule has 3 aromatic carbocycles. The van der Waals surface area contributed by atoms with Crippen molar-refractivity contribution in [2.75, 3.05) is 0 Å². The van der Waals surface area contributed by atoms with Gasteiger partial charge in [-0.1, -0.05) is 48.5 Å². The average molecular weight is 365 g/mol. The van der Waals surface area contributed by atoms with E-state index in [-0.39, 0.29) is 11.4 Å². The van der Waals surface area contributed by atoms with Gasteiger partial charge in [0.2, 0.25) is 10.0 Å². The van der Waals surface area contributed by atoms with Crippen molar-refractivity contribution >= 4 is 20.8 Å². The summed E-state index contributed by atoms with van der Waals surface area (Å²) in [7, 11) is -3.80. The normalized spacial score (nSPS) is 12.4. The number of halogens is 3. The highest BCUT2D eigenvalue weighted by atomic mass is 32.2. The van der Waals surface area contributed by atoms with Crippen molar-refractivity contribution in [3.8, 4) is 0 Å². The first kappa shape index (κ1) is 17.4. The molecule has 0 aliphatic rings. The molecule has 0 amide bonds. The van der Waals surface area contributed by atoms with Crippen LogP contribution in [0.15, 0.2) is 71.6 Å². The third-order valence-corrected chi connectivity index (χ3v) is 5.25. The van der Waals surface area contributed by atoms with Gasteiger partial charge in [-0.05, 0) is 29.1 Å². The summed E-state index contributed by atoms with van der Waals surface area (Å²) in [5.74, 6) is 0. The molecule has 0 radical (unpaired) electrons. The Morgan fingerprint density at radius 2 is 1.48 bits per heavy atom. The zero-order valence-corrected chi connectivity index (χ0v) is 13.7. The Hall–Kier alpha value is -2.38. The van der Waals surface area contributed by atoms with Crippen LogP contribution in [0.4, 0.5) is 13.2 Å². The van der Waals surface area contributed by atoms with Gasteiger partial charge in [0.25, 0.3) is 0 Å². The van der Waals surface area contributed by atoms with E-state index in [2.05, 4.69) is 4.72 Å². The van der Waals surface area contributed by atoms with Gasteiger partial charge in [-0.3, -0.25) is 0 Å². The Labute approximate surface area is 143 Å². The van der Waals surface area contributed by atoms with Gasteiger partial charge in [0.1, 0.15) is 0 Å². The topological polar surface area (TPSA) is 46.2 Å². The maximum atomic E-state index is 12.6. The van der Waals surface area contributed by atoms with Crippen molar-refractivity contribution in [1.82, 2.24) is 4.72 Å². The van der Waals surface area contributed by atoms with E-state index in [1.165, 1.54) is 18.2 Å². The van der Waals surface area contributed by atoms with Gasteiger partial charge in [0.15, 0.2) is 0 Å². The van der Waals surface area contributed by atoms with Crippen LogP contribution in [0.3, 0.4) is 0 Å². The Bertz CT molecular complexity index is 992. The Balaban J connectivity index is 1.82. The molecule has 0 aliphatic heterocycles. The van der Waals surface area contributed by atoms with Gasteiger partial charge in [0.05, 0.1) is 10.5 Å². The van der Waals surface area contributed by atoms with E-state index < -0.39 is 21.8 Å². The predicted molar refractivity (Wildman–Crippen MR) is 89.4 cm³/mol. The maximum absolute atomic E-state index is 12.6. The van der Waals surface area contributed by atoms with Crippen molar-refractivity contribution in [2.45, 2.75) is 17.6 Å². The van der Waals surface area contributed by atoms with Gasteiger partial charge >= 0.3 is 6.18 Å². The van der Waals surface area contributed by atoms with Crippen molar-refractivity contribution in [2.24, 2.45) is 0 Å². The van der Waals surface area contributed by atoms with Gasteiger partial charge in [0, 0.05) is 11.9 Å². The Morgan fingerprint density at radius 1 is 0.840 bits per heavy atom. The molecule has 0 aromatic heterocycles. The van der Waals surface area contributed by atoms with E-state index in [1.807, 2.05) is 18.2 Å². The highest BCUT2D eigenvalue weighted by molar-refractivity contribution is 7.89. The molecule has 0 fully saturated rings. The van der Waals surface area contributed by atoms with Gasteiger partial charge in [-0.2, -0.15) is 13.2 Å². The van der Waals surface area contributed by atoms with Crippen LogP contribution in [-0.4, -0.2) is 8.42 Å². The SMILES string of the molecule is O=S(=O)(NCc1ccc(C(F)(F)F)cc1)c1cccc2ccccc12. The number of rotatable bonds is 4. The molecule has 130 valence electrons. The van der Waals surface area contributed by atoms with E-state index in [1.54, 1.807) is 18.2 Å². The molecule has 3 nitrogen and oxygen atoms in total. The zero-order chi connectivity index (χ0) is 18.1. The quantitative estimate of drug-likeness (QED) is 0.748. The van der Waals surface area contributed by atoms with E-state index in [4.69, 9.17) is 0 Å². The Morgan fingerprint density at radius 3 is 2.16 bits per heavy atom. The molecule has 0 bridgehead atoms.